The average Bonchev–Trinajstić information content (AvgIpc) is 3.00. The molecule has 1 N–H and O–H groups in total. The molecule has 1 atom stereocenters. The van der Waals surface area contributed by atoms with E-state index in [2.05, 4.69) is 65.4 Å². The standard InChI is InChI=1S/C16H30N4S/c1-6-20(7-2)14(3)13-18-16(17-4)19(5)11-10-15-9-8-12-21-15/h8-9,12,14H,6-7,10-11,13H2,1-5H3,(H,17,18). The van der Waals surface area contributed by atoms with Gasteiger partial charge < -0.3 is 10.2 Å². The summed E-state index contributed by atoms with van der Waals surface area (Å²) in [5.74, 6) is 0.977. The first kappa shape index (κ1) is 18.0. The number of aliphatic imine (C=N–C) groups is 1. The van der Waals surface area contributed by atoms with E-state index in [0.29, 0.717) is 6.04 Å². The van der Waals surface area contributed by atoms with Crippen molar-refractivity contribution >= 4 is 17.3 Å². The zero-order valence-electron chi connectivity index (χ0n) is 14.1. The third kappa shape index (κ3) is 6.06. The van der Waals surface area contributed by atoms with Gasteiger partial charge in [-0.2, -0.15) is 0 Å². The predicted octanol–water partition coefficient (Wildman–Crippen LogP) is 2.53. The highest BCUT2D eigenvalue weighted by molar-refractivity contribution is 7.09. The predicted molar refractivity (Wildman–Crippen MR) is 94.4 cm³/mol. The monoisotopic (exact) mass is 310 g/mol. The number of nitrogens with zero attached hydrogens (tertiary/aromatic N) is 3. The van der Waals surface area contributed by atoms with Gasteiger partial charge in [-0.3, -0.25) is 9.89 Å². The average molecular weight is 311 g/mol. The van der Waals surface area contributed by atoms with Crippen molar-refractivity contribution in [2.24, 2.45) is 4.99 Å². The zero-order chi connectivity index (χ0) is 15.7. The Balaban J connectivity index is 2.39. The number of thiophene rings is 1. The summed E-state index contributed by atoms with van der Waals surface area (Å²) in [5.41, 5.74) is 0. The molecule has 0 aliphatic rings. The van der Waals surface area contributed by atoms with Crippen LogP contribution in [-0.2, 0) is 6.42 Å². The zero-order valence-corrected chi connectivity index (χ0v) is 14.9. The molecule has 0 aliphatic carbocycles. The highest BCUT2D eigenvalue weighted by Crippen LogP contribution is 2.09. The molecule has 1 aromatic rings. The highest BCUT2D eigenvalue weighted by Gasteiger charge is 2.12. The van der Waals surface area contributed by atoms with Crippen LogP contribution in [0.1, 0.15) is 25.6 Å². The quantitative estimate of drug-likeness (QED) is 0.591. The van der Waals surface area contributed by atoms with Gasteiger partial charge in [0.15, 0.2) is 5.96 Å². The smallest absolute Gasteiger partial charge is 0.193 e. The number of rotatable bonds is 8. The third-order valence-corrected chi connectivity index (χ3v) is 4.77. The number of guanidine groups is 1. The second-order valence-electron chi connectivity index (χ2n) is 5.25. The normalized spacial score (nSPS) is 13.5. The van der Waals surface area contributed by atoms with Crippen LogP contribution >= 0.6 is 11.3 Å². The molecular weight excluding hydrogens is 280 g/mol. The minimum Gasteiger partial charge on any atom is -0.355 e. The molecule has 1 aromatic heterocycles. The van der Waals surface area contributed by atoms with Gasteiger partial charge in [-0.15, -0.1) is 11.3 Å². The van der Waals surface area contributed by atoms with E-state index in [1.165, 1.54) is 4.88 Å². The van der Waals surface area contributed by atoms with E-state index in [-0.39, 0.29) is 0 Å². The fraction of sp³-hybridized carbons (Fsp3) is 0.688. The Morgan fingerprint density at radius 2 is 2.10 bits per heavy atom. The van der Waals surface area contributed by atoms with Gasteiger partial charge in [0.1, 0.15) is 0 Å². The highest BCUT2D eigenvalue weighted by atomic mass is 32.1. The molecule has 1 unspecified atom stereocenters. The molecule has 0 spiro atoms. The molecule has 0 aromatic carbocycles. The molecule has 0 saturated carbocycles. The fourth-order valence-electron chi connectivity index (χ4n) is 2.44. The largest absolute Gasteiger partial charge is 0.355 e. The summed E-state index contributed by atoms with van der Waals surface area (Å²) in [7, 11) is 3.96. The van der Waals surface area contributed by atoms with Crippen LogP contribution in [0.2, 0.25) is 0 Å². The molecule has 120 valence electrons. The first-order valence-electron chi connectivity index (χ1n) is 7.80. The Hall–Kier alpha value is -1.07. The lowest BCUT2D eigenvalue weighted by Crippen LogP contribution is -2.46. The fourth-order valence-corrected chi connectivity index (χ4v) is 3.14. The van der Waals surface area contributed by atoms with Gasteiger partial charge >= 0.3 is 0 Å². The summed E-state index contributed by atoms with van der Waals surface area (Å²) in [4.78, 5) is 10.5. The van der Waals surface area contributed by atoms with Crippen LogP contribution in [0, 0.1) is 0 Å². The van der Waals surface area contributed by atoms with E-state index in [0.717, 1.165) is 38.6 Å². The van der Waals surface area contributed by atoms with Gasteiger partial charge in [-0.05, 0) is 37.9 Å². The van der Waals surface area contributed by atoms with Crippen molar-refractivity contribution in [3.8, 4) is 0 Å². The molecule has 21 heavy (non-hydrogen) atoms. The summed E-state index contributed by atoms with van der Waals surface area (Å²) in [6.45, 7) is 10.8. The minimum absolute atomic E-state index is 0.516. The Morgan fingerprint density at radius 1 is 1.38 bits per heavy atom. The first-order chi connectivity index (χ1) is 10.1. The van der Waals surface area contributed by atoms with Gasteiger partial charge in [0, 0.05) is 38.1 Å². The van der Waals surface area contributed by atoms with Crippen LogP contribution in [-0.4, -0.2) is 62.1 Å². The summed E-state index contributed by atoms with van der Waals surface area (Å²) in [5, 5.41) is 5.62. The molecule has 1 heterocycles. The summed E-state index contributed by atoms with van der Waals surface area (Å²) in [6, 6.07) is 4.82. The van der Waals surface area contributed by atoms with Crippen LogP contribution < -0.4 is 5.32 Å². The lowest BCUT2D eigenvalue weighted by molar-refractivity contribution is 0.230. The van der Waals surface area contributed by atoms with Gasteiger partial charge in [0.25, 0.3) is 0 Å². The Morgan fingerprint density at radius 3 is 2.62 bits per heavy atom. The molecule has 0 aliphatic heterocycles. The summed E-state index contributed by atoms with van der Waals surface area (Å²) in [6.07, 6.45) is 1.07. The topological polar surface area (TPSA) is 30.9 Å². The van der Waals surface area contributed by atoms with E-state index in [1.54, 1.807) is 0 Å². The third-order valence-electron chi connectivity index (χ3n) is 3.84. The van der Waals surface area contributed by atoms with Gasteiger partial charge in [-0.25, -0.2) is 0 Å². The SMILES string of the molecule is CCN(CC)C(C)CNC(=NC)N(C)CCc1cccs1. The number of likely N-dealkylation sites (N-methyl/N-ethyl adjacent to an activating group) is 2. The number of hydrogen-bond acceptors (Lipinski definition) is 3. The maximum atomic E-state index is 4.39. The van der Waals surface area contributed by atoms with Crippen molar-refractivity contribution < 1.29 is 0 Å². The van der Waals surface area contributed by atoms with Crippen molar-refractivity contribution in [2.45, 2.75) is 33.2 Å². The lowest BCUT2D eigenvalue weighted by Gasteiger charge is -2.29. The van der Waals surface area contributed by atoms with E-state index < -0.39 is 0 Å². The maximum absolute atomic E-state index is 4.39. The Bertz CT molecular complexity index is 398. The molecule has 4 nitrogen and oxygen atoms in total. The van der Waals surface area contributed by atoms with Crippen LogP contribution in [0.3, 0.4) is 0 Å². The maximum Gasteiger partial charge on any atom is 0.193 e. The summed E-state index contributed by atoms with van der Waals surface area (Å²) < 4.78 is 0. The van der Waals surface area contributed by atoms with Gasteiger partial charge in [0.2, 0.25) is 0 Å². The van der Waals surface area contributed by atoms with E-state index in [9.17, 15) is 0 Å². The van der Waals surface area contributed by atoms with Crippen LogP contribution in [0.5, 0.6) is 0 Å². The molecule has 0 amide bonds. The van der Waals surface area contributed by atoms with Gasteiger partial charge in [0.05, 0.1) is 0 Å². The van der Waals surface area contributed by atoms with Crippen molar-refractivity contribution in [2.75, 3.05) is 40.3 Å². The molecule has 0 fully saturated rings. The Labute approximate surface area is 133 Å². The van der Waals surface area contributed by atoms with Crippen LogP contribution in [0.15, 0.2) is 22.5 Å². The minimum atomic E-state index is 0.516. The van der Waals surface area contributed by atoms with E-state index in [1.807, 2.05) is 18.4 Å². The van der Waals surface area contributed by atoms with E-state index >= 15 is 0 Å². The number of hydrogen-bond donors (Lipinski definition) is 1. The van der Waals surface area contributed by atoms with E-state index in [4.69, 9.17) is 0 Å². The van der Waals surface area contributed by atoms with Gasteiger partial charge in [-0.1, -0.05) is 19.9 Å². The molecule has 0 bridgehead atoms. The molecule has 5 heteroatoms. The van der Waals surface area contributed by atoms with Crippen LogP contribution in [0.25, 0.3) is 0 Å². The lowest BCUT2D eigenvalue weighted by atomic mass is 10.3. The summed E-state index contributed by atoms with van der Waals surface area (Å²) >= 11 is 1.82. The molecular formula is C16H30N4S. The molecule has 0 radical (unpaired) electrons. The van der Waals surface area contributed by atoms with Crippen molar-refractivity contribution in [1.82, 2.24) is 15.1 Å². The Kier molecular flexibility index (Phi) is 8.38. The molecule has 1 rings (SSSR count). The van der Waals surface area contributed by atoms with Crippen molar-refractivity contribution in [3.05, 3.63) is 22.4 Å². The van der Waals surface area contributed by atoms with Crippen molar-refractivity contribution in [3.63, 3.8) is 0 Å². The van der Waals surface area contributed by atoms with Crippen LogP contribution in [0.4, 0.5) is 0 Å². The molecule has 0 saturated heterocycles. The second-order valence-corrected chi connectivity index (χ2v) is 6.28. The second kappa shape index (κ2) is 9.79. The van der Waals surface area contributed by atoms with Crippen molar-refractivity contribution in [1.29, 1.82) is 0 Å². The first-order valence-corrected chi connectivity index (χ1v) is 8.68. The number of nitrogens with one attached hydrogen (secondary N) is 1.